The maximum Gasteiger partial charge on any atom is 0.0985 e. The molecule has 0 aromatic rings. The minimum atomic E-state index is 0.796. The van der Waals surface area contributed by atoms with Gasteiger partial charge in [-0.2, -0.15) is 0 Å². The number of nitrogens with zero attached hydrogens (tertiary/aromatic N) is 2. The number of fused-ring (bicyclic) bond motifs is 1. The fraction of sp³-hybridized carbons (Fsp3) is 0.917. The largest absolute Gasteiger partial charge is 0.360 e. The van der Waals surface area contributed by atoms with Crippen LogP contribution in [0.15, 0.2) is 4.99 Å². The van der Waals surface area contributed by atoms with E-state index in [1.54, 1.807) is 0 Å². The van der Waals surface area contributed by atoms with Gasteiger partial charge >= 0.3 is 0 Å². The predicted octanol–water partition coefficient (Wildman–Crippen LogP) is 2.69. The topological polar surface area (TPSA) is 15.6 Å². The average molecular weight is 194 g/mol. The lowest BCUT2D eigenvalue weighted by molar-refractivity contribution is 0.205. The molecule has 0 bridgehead atoms. The fourth-order valence-corrected chi connectivity index (χ4v) is 3.16. The molecule has 0 spiro atoms. The number of amidine groups is 1. The Bertz CT molecular complexity index is 222. The van der Waals surface area contributed by atoms with Gasteiger partial charge in [0, 0.05) is 26.6 Å². The molecule has 1 saturated carbocycles. The van der Waals surface area contributed by atoms with Crippen molar-refractivity contribution in [2.45, 2.75) is 51.0 Å². The number of piperidine rings is 1. The normalized spacial score (nSPS) is 36.7. The van der Waals surface area contributed by atoms with Crippen molar-refractivity contribution in [3.63, 3.8) is 0 Å². The lowest BCUT2D eigenvalue weighted by Gasteiger charge is -2.40. The van der Waals surface area contributed by atoms with Crippen molar-refractivity contribution >= 4 is 5.84 Å². The van der Waals surface area contributed by atoms with Crippen LogP contribution in [-0.2, 0) is 0 Å². The Morgan fingerprint density at radius 3 is 2.71 bits per heavy atom. The number of likely N-dealkylation sites (tertiary alicyclic amines) is 1. The molecule has 1 aliphatic carbocycles. The van der Waals surface area contributed by atoms with Crippen LogP contribution in [0.2, 0.25) is 0 Å². The second kappa shape index (κ2) is 4.33. The van der Waals surface area contributed by atoms with Gasteiger partial charge in [-0.1, -0.05) is 19.3 Å². The maximum absolute atomic E-state index is 4.39. The third-order valence-electron chi connectivity index (χ3n) is 4.02. The minimum absolute atomic E-state index is 0.796. The molecule has 1 heterocycles. The summed E-state index contributed by atoms with van der Waals surface area (Å²) < 4.78 is 0. The van der Waals surface area contributed by atoms with Gasteiger partial charge in [-0.15, -0.1) is 0 Å². The highest BCUT2D eigenvalue weighted by molar-refractivity contribution is 5.83. The smallest absolute Gasteiger partial charge is 0.0985 e. The fourth-order valence-electron chi connectivity index (χ4n) is 3.16. The molecular weight excluding hydrogens is 172 g/mol. The highest BCUT2D eigenvalue weighted by atomic mass is 15.2. The first kappa shape index (κ1) is 10.0. The van der Waals surface area contributed by atoms with Gasteiger partial charge in [0.15, 0.2) is 0 Å². The zero-order valence-corrected chi connectivity index (χ0v) is 9.50. The van der Waals surface area contributed by atoms with Crippen LogP contribution in [0.25, 0.3) is 0 Å². The Balaban J connectivity index is 2.10. The van der Waals surface area contributed by atoms with E-state index >= 15 is 0 Å². The Morgan fingerprint density at radius 2 is 1.93 bits per heavy atom. The van der Waals surface area contributed by atoms with Crippen LogP contribution in [0, 0.1) is 5.92 Å². The van der Waals surface area contributed by atoms with Crippen molar-refractivity contribution in [3.05, 3.63) is 0 Å². The quantitative estimate of drug-likeness (QED) is 0.579. The lowest BCUT2D eigenvalue weighted by atomic mass is 9.85. The van der Waals surface area contributed by atoms with Crippen LogP contribution >= 0.6 is 0 Å². The molecule has 2 rings (SSSR count). The van der Waals surface area contributed by atoms with Crippen molar-refractivity contribution < 1.29 is 0 Å². The Hall–Kier alpha value is -0.530. The summed E-state index contributed by atoms with van der Waals surface area (Å²) in [6.07, 6.45) is 9.73. The summed E-state index contributed by atoms with van der Waals surface area (Å²) in [6, 6.07) is 0.796. The van der Waals surface area contributed by atoms with Gasteiger partial charge in [-0.3, -0.25) is 4.99 Å². The van der Waals surface area contributed by atoms with Crippen LogP contribution in [0.1, 0.15) is 44.9 Å². The van der Waals surface area contributed by atoms with E-state index in [1.165, 1.54) is 50.8 Å². The summed E-state index contributed by atoms with van der Waals surface area (Å²) in [7, 11) is 4.17. The molecule has 0 aromatic carbocycles. The second-order valence-electron chi connectivity index (χ2n) is 4.75. The molecule has 14 heavy (non-hydrogen) atoms. The third-order valence-corrected chi connectivity index (χ3v) is 4.02. The summed E-state index contributed by atoms with van der Waals surface area (Å²) >= 11 is 0. The van der Waals surface area contributed by atoms with Crippen molar-refractivity contribution in [1.82, 2.24) is 4.90 Å². The predicted molar refractivity (Wildman–Crippen MR) is 60.7 cm³/mol. The number of hydrogen-bond acceptors (Lipinski definition) is 1. The molecule has 80 valence electrons. The van der Waals surface area contributed by atoms with Gasteiger partial charge in [-0.05, 0) is 25.2 Å². The van der Waals surface area contributed by atoms with E-state index in [9.17, 15) is 0 Å². The zero-order valence-electron chi connectivity index (χ0n) is 9.50. The lowest BCUT2D eigenvalue weighted by Crippen LogP contribution is -2.45. The molecule has 2 atom stereocenters. The van der Waals surface area contributed by atoms with E-state index in [0.29, 0.717) is 0 Å². The molecule has 2 nitrogen and oxygen atoms in total. The Kier molecular flexibility index (Phi) is 3.09. The van der Waals surface area contributed by atoms with E-state index in [-0.39, 0.29) is 0 Å². The van der Waals surface area contributed by atoms with E-state index < -0.39 is 0 Å². The molecule has 0 N–H and O–H groups in total. The number of rotatable bonds is 0. The zero-order chi connectivity index (χ0) is 9.97. The molecule has 1 saturated heterocycles. The van der Waals surface area contributed by atoms with E-state index in [2.05, 4.69) is 16.9 Å². The van der Waals surface area contributed by atoms with E-state index in [1.807, 2.05) is 7.05 Å². The highest BCUT2D eigenvalue weighted by Crippen LogP contribution is 2.34. The van der Waals surface area contributed by atoms with Crippen LogP contribution in [0.3, 0.4) is 0 Å². The summed E-state index contributed by atoms with van der Waals surface area (Å²) in [5.41, 5.74) is 0. The number of aliphatic imine (C=N–C) groups is 1. The summed E-state index contributed by atoms with van der Waals surface area (Å²) in [5.74, 6) is 2.28. The van der Waals surface area contributed by atoms with Crippen LogP contribution in [0.5, 0.6) is 0 Å². The first-order chi connectivity index (χ1) is 6.83. The van der Waals surface area contributed by atoms with Crippen LogP contribution < -0.4 is 0 Å². The maximum atomic E-state index is 4.39. The second-order valence-corrected chi connectivity index (χ2v) is 4.75. The van der Waals surface area contributed by atoms with Gasteiger partial charge in [0.2, 0.25) is 0 Å². The SMILES string of the molecule is C/N=C1/CCC2CCCCCC2N1C. The molecule has 2 fully saturated rings. The standard InChI is InChI=1S/C12H22N2/c1-13-12-9-8-10-6-4-3-5-7-11(10)14(12)2/h10-11H,3-9H2,1-2H3/b13-12-. The van der Waals surface area contributed by atoms with Gasteiger partial charge in [0.1, 0.15) is 0 Å². The molecule has 0 amide bonds. The summed E-state index contributed by atoms with van der Waals surface area (Å²) in [5, 5.41) is 0. The van der Waals surface area contributed by atoms with Crippen molar-refractivity contribution in [2.24, 2.45) is 10.9 Å². The Labute approximate surface area is 87.4 Å². The van der Waals surface area contributed by atoms with Crippen molar-refractivity contribution in [2.75, 3.05) is 14.1 Å². The molecule has 2 heteroatoms. The third kappa shape index (κ3) is 1.79. The van der Waals surface area contributed by atoms with E-state index in [4.69, 9.17) is 0 Å². The van der Waals surface area contributed by atoms with Crippen molar-refractivity contribution in [1.29, 1.82) is 0 Å². The summed E-state index contributed by atoms with van der Waals surface area (Å²) in [6.45, 7) is 0. The average Bonchev–Trinajstić information content (AvgIpc) is 2.44. The van der Waals surface area contributed by atoms with E-state index in [0.717, 1.165) is 12.0 Å². The van der Waals surface area contributed by atoms with Gasteiger partial charge in [-0.25, -0.2) is 0 Å². The molecule has 1 aliphatic heterocycles. The molecule has 0 radical (unpaired) electrons. The first-order valence-electron chi connectivity index (χ1n) is 6.01. The van der Waals surface area contributed by atoms with Gasteiger partial charge in [0.05, 0.1) is 5.84 Å². The van der Waals surface area contributed by atoms with Crippen molar-refractivity contribution in [3.8, 4) is 0 Å². The Morgan fingerprint density at radius 1 is 1.14 bits per heavy atom. The number of hydrogen-bond donors (Lipinski definition) is 0. The first-order valence-corrected chi connectivity index (χ1v) is 6.01. The minimum Gasteiger partial charge on any atom is -0.360 e. The molecular formula is C12H22N2. The molecule has 2 unspecified atom stereocenters. The summed E-state index contributed by atoms with van der Waals surface area (Å²) in [4.78, 5) is 6.85. The van der Waals surface area contributed by atoms with Gasteiger partial charge in [0.25, 0.3) is 0 Å². The monoisotopic (exact) mass is 194 g/mol. The highest BCUT2D eigenvalue weighted by Gasteiger charge is 2.32. The van der Waals surface area contributed by atoms with Crippen LogP contribution in [0.4, 0.5) is 0 Å². The van der Waals surface area contributed by atoms with Gasteiger partial charge < -0.3 is 4.90 Å². The molecule has 2 aliphatic rings. The molecule has 0 aromatic heterocycles. The van der Waals surface area contributed by atoms with Crippen LogP contribution in [-0.4, -0.2) is 30.9 Å².